The second-order valence-electron chi connectivity index (χ2n) is 9.13. The lowest BCUT2D eigenvalue weighted by molar-refractivity contribution is 0.0927. The molecule has 0 unspecified atom stereocenters. The van der Waals surface area contributed by atoms with Gasteiger partial charge in [0.15, 0.2) is 11.5 Å². The third kappa shape index (κ3) is 5.34. The molecule has 1 atom stereocenters. The van der Waals surface area contributed by atoms with Gasteiger partial charge in [0.1, 0.15) is 11.9 Å². The maximum Gasteiger partial charge on any atom is 0.272 e. The number of aromatic nitrogens is 4. The minimum Gasteiger partial charge on any atom is -0.489 e. The van der Waals surface area contributed by atoms with E-state index >= 15 is 0 Å². The van der Waals surface area contributed by atoms with Gasteiger partial charge in [-0.25, -0.2) is 4.98 Å². The van der Waals surface area contributed by atoms with Crippen molar-refractivity contribution in [3.05, 3.63) is 65.2 Å². The number of methoxy groups -OCH3 is 1. The van der Waals surface area contributed by atoms with Gasteiger partial charge in [0.05, 0.1) is 13.3 Å². The van der Waals surface area contributed by atoms with E-state index in [2.05, 4.69) is 36.4 Å². The lowest BCUT2D eigenvalue weighted by Gasteiger charge is -2.33. The molecule has 1 fully saturated rings. The molecule has 35 heavy (non-hydrogen) atoms. The summed E-state index contributed by atoms with van der Waals surface area (Å²) in [7, 11) is 1.59. The topological polar surface area (TPSA) is 102 Å². The molecule has 1 N–H and O–H groups in total. The SMILES string of the molecule is COc1ccc(OC2CCN(c3nnc(C(=O)N[C@@H]4CCc5ccncc5C4)cc3C)CC2)cn1. The van der Waals surface area contributed by atoms with Crippen molar-refractivity contribution in [1.82, 2.24) is 25.5 Å². The zero-order chi connectivity index (χ0) is 24.2. The first-order chi connectivity index (χ1) is 17.1. The van der Waals surface area contributed by atoms with Crippen LogP contribution in [0.1, 0.15) is 46.4 Å². The number of hydrogen-bond donors (Lipinski definition) is 1. The number of nitrogens with one attached hydrogen (secondary N) is 1. The van der Waals surface area contributed by atoms with Crippen LogP contribution in [-0.4, -0.2) is 58.4 Å². The Hall–Kier alpha value is -3.75. The number of carbonyl (C=O) groups excluding carboxylic acids is 1. The molecule has 0 bridgehead atoms. The molecule has 182 valence electrons. The van der Waals surface area contributed by atoms with Crippen LogP contribution in [0.15, 0.2) is 42.9 Å². The molecule has 3 aromatic heterocycles. The molecular formula is C26H30N6O3. The van der Waals surface area contributed by atoms with Gasteiger partial charge in [-0.15, -0.1) is 10.2 Å². The van der Waals surface area contributed by atoms with Gasteiger partial charge in [0.2, 0.25) is 5.88 Å². The number of anilines is 1. The highest BCUT2D eigenvalue weighted by Gasteiger charge is 2.25. The van der Waals surface area contributed by atoms with Crippen molar-refractivity contribution in [1.29, 1.82) is 0 Å². The third-order valence-corrected chi connectivity index (χ3v) is 6.72. The normalized spacial score (nSPS) is 18.0. The van der Waals surface area contributed by atoms with E-state index in [-0.39, 0.29) is 18.1 Å². The highest BCUT2D eigenvalue weighted by atomic mass is 16.5. The molecule has 3 aromatic rings. The number of ether oxygens (including phenoxy) is 2. The summed E-state index contributed by atoms with van der Waals surface area (Å²) in [5.41, 5.74) is 3.83. The van der Waals surface area contributed by atoms with Gasteiger partial charge in [-0.05, 0) is 61.1 Å². The van der Waals surface area contributed by atoms with Crippen molar-refractivity contribution in [2.24, 2.45) is 0 Å². The van der Waals surface area contributed by atoms with Crippen LogP contribution in [0.5, 0.6) is 11.6 Å². The third-order valence-electron chi connectivity index (χ3n) is 6.72. The maximum absolute atomic E-state index is 12.8. The van der Waals surface area contributed by atoms with E-state index in [0.717, 1.165) is 62.3 Å². The summed E-state index contributed by atoms with van der Waals surface area (Å²) < 4.78 is 11.2. The highest BCUT2D eigenvalue weighted by molar-refractivity contribution is 5.92. The zero-order valence-electron chi connectivity index (χ0n) is 20.1. The van der Waals surface area contributed by atoms with E-state index in [9.17, 15) is 4.79 Å². The molecule has 1 aliphatic carbocycles. The van der Waals surface area contributed by atoms with Gasteiger partial charge in [-0.1, -0.05) is 0 Å². The molecule has 0 spiro atoms. The van der Waals surface area contributed by atoms with Crippen molar-refractivity contribution in [2.75, 3.05) is 25.1 Å². The van der Waals surface area contributed by atoms with Crippen molar-refractivity contribution < 1.29 is 14.3 Å². The largest absolute Gasteiger partial charge is 0.489 e. The van der Waals surface area contributed by atoms with E-state index in [0.29, 0.717) is 11.6 Å². The molecule has 0 radical (unpaired) electrons. The number of rotatable bonds is 6. The Morgan fingerprint density at radius 2 is 1.94 bits per heavy atom. The van der Waals surface area contributed by atoms with Crippen molar-refractivity contribution >= 4 is 11.7 Å². The number of hydrogen-bond acceptors (Lipinski definition) is 8. The predicted octanol–water partition coefficient (Wildman–Crippen LogP) is 2.92. The number of nitrogens with zero attached hydrogens (tertiary/aromatic N) is 5. The molecule has 0 aromatic carbocycles. The number of amides is 1. The summed E-state index contributed by atoms with van der Waals surface area (Å²) in [5, 5.41) is 11.8. The van der Waals surface area contributed by atoms with Gasteiger partial charge in [0.25, 0.3) is 5.91 Å². The number of piperidine rings is 1. The summed E-state index contributed by atoms with van der Waals surface area (Å²) in [5.74, 6) is 1.96. The molecule has 4 heterocycles. The van der Waals surface area contributed by atoms with Crippen LogP contribution in [0.2, 0.25) is 0 Å². The molecule has 0 saturated carbocycles. The summed E-state index contributed by atoms with van der Waals surface area (Å²) in [4.78, 5) is 23.5. The molecule has 1 saturated heterocycles. The summed E-state index contributed by atoms with van der Waals surface area (Å²) >= 11 is 0. The Morgan fingerprint density at radius 3 is 2.69 bits per heavy atom. The van der Waals surface area contributed by atoms with E-state index in [1.54, 1.807) is 19.4 Å². The number of fused-ring (bicyclic) bond motifs is 1. The van der Waals surface area contributed by atoms with Crippen LogP contribution >= 0.6 is 0 Å². The molecule has 1 amide bonds. The van der Waals surface area contributed by atoms with Crippen LogP contribution in [0, 0.1) is 6.92 Å². The molecule has 5 rings (SSSR count). The first-order valence-electron chi connectivity index (χ1n) is 12.1. The van der Waals surface area contributed by atoms with Gasteiger partial charge < -0.3 is 19.7 Å². The monoisotopic (exact) mass is 474 g/mol. The zero-order valence-corrected chi connectivity index (χ0v) is 20.1. The van der Waals surface area contributed by atoms with Crippen molar-refractivity contribution in [3.63, 3.8) is 0 Å². The second-order valence-corrected chi connectivity index (χ2v) is 9.13. The van der Waals surface area contributed by atoms with Crippen molar-refractivity contribution in [2.45, 2.75) is 51.2 Å². The van der Waals surface area contributed by atoms with Gasteiger partial charge in [-0.3, -0.25) is 9.78 Å². The van der Waals surface area contributed by atoms with Crippen molar-refractivity contribution in [3.8, 4) is 11.6 Å². The fraction of sp³-hybridized carbons (Fsp3) is 0.423. The lowest BCUT2D eigenvalue weighted by Crippen LogP contribution is -2.40. The second kappa shape index (κ2) is 10.2. The molecule has 9 heteroatoms. The molecule has 1 aliphatic heterocycles. The van der Waals surface area contributed by atoms with Crippen LogP contribution < -0.4 is 19.7 Å². The van der Waals surface area contributed by atoms with Gasteiger partial charge in [-0.2, -0.15) is 0 Å². The Kier molecular flexibility index (Phi) is 6.74. The Balaban J connectivity index is 1.15. The summed E-state index contributed by atoms with van der Waals surface area (Å²) in [6, 6.07) is 7.65. The minimum atomic E-state index is -0.176. The number of pyridine rings is 2. The highest BCUT2D eigenvalue weighted by Crippen LogP contribution is 2.25. The quantitative estimate of drug-likeness (QED) is 0.582. The van der Waals surface area contributed by atoms with Crippen LogP contribution in [-0.2, 0) is 12.8 Å². The van der Waals surface area contributed by atoms with Crippen LogP contribution in [0.25, 0.3) is 0 Å². The fourth-order valence-corrected chi connectivity index (χ4v) is 4.80. The van der Waals surface area contributed by atoms with Gasteiger partial charge in [0, 0.05) is 50.4 Å². The van der Waals surface area contributed by atoms with Crippen LogP contribution in [0.4, 0.5) is 5.82 Å². The van der Waals surface area contributed by atoms with E-state index in [1.165, 1.54) is 11.1 Å². The average molecular weight is 475 g/mol. The fourth-order valence-electron chi connectivity index (χ4n) is 4.80. The Morgan fingerprint density at radius 1 is 1.09 bits per heavy atom. The summed E-state index contributed by atoms with van der Waals surface area (Å²) in [6.07, 6.45) is 9.92. The standard InChI is InChI=1S/C26H30N6O3/c1-17-13-23(26(33)29-20-4-3-18-7-10-27-15-19(18)14-20)30-31-25(17)32-11-8-21(9-12-32)35-22-5-6-24(34-2)28-16-22/h5-7,10,13,15-16,20-21H,3-4,8-9,11-12,14H2,1-2H3,(H,29,33)/t20-/m1/s1. The summed E-state index contributed by atoms with van der Waals surface area (Å²) in [6.45, 7) is 3.60. The Bertz CT molecular complexity index is 1180. The maximum atomic E-state index is 12.8. The minimum absolute atomic E-state index is 0.0842. The smallest absolute Gasteiger partial charge is 0.272 e. The van der Waals surface area contributed by atoms with Gasteiger partial charge >= 0.3 is 0 Å². The number of aryl methyl sites for hydroxylation is 2. The molecular weight excluding hydrogens is 444 g/mol. The lowest BCUT2D eigenvalue weighted by atomic mass is 9.89. The molecule has 9 nitrogen and oxygen atoms in total. The van der Waals surface area contributed by atoms with E-state index in [4.69, 9.17) is 9.47 Å². The Labute approximate surface area is 204 Å². The first kappa shape index (κ1) is 23.0. The van der Waals surface area contributed by atoms with Crippen LogP contribution in [0.3, 0.4) is 0 Å². The predicted molar refractivity (Wildman–Crippen MR) is 131 cm³/mol. The van der Waals surface area contributed by atoms with E-state index < -0.39 is 0 Å². The molecule has 2 aliphatic rings. The number of carbonyl (C=O) groups is 1. The van der Waals surface area contributed by atoms with E-state index in [1.807, 2.05) is 31.5 Å². The first-order valence-corrected chi connectivity index (χ1v) is 12.1. The average Bonchev–Trinajstić information content (AvgIpc) is 2.89.